The minimum Gasteiger partial charge on any atom is -0.493 e. The summed E-state index contributed by atoms with van der Waals surface area (Å²) in [7, 11) is 5.93. The first kappa shape index (κ1) is 22.0. The minimum atomic E-state index is -0.527. The molecule has 1 aliphatic rings. The number of hydrogen-bond donors (Lipinski definition) is 1. The van der Waals surface area contributed by atoms with Gasteiger partial charge in [-0.25, -0.2) is 0 Å². The second-order valence-corrected chi connectivity index (χ2v) is 7.05. The molecule has 0 fully saturated rings. The van der Waals surface area contributed by atoms with Crippen LogP contribution in [0.15, 0.2) is 23.0 Å². The number of nitrogens with one attached hydrogen (secondary N) is 1. The number of hydrogen-bond acceptors (Lipinski definition) is 7. The Bertz CT molecular complexity index is 1140. The van der Waals surface area contributed by atoms with E-state index < -0.39 is 11.5 Å². The topological polar surface area (TPSA) is 107 Å². The van der Waals surface area contributed by atoms with Gasteiger partial charge >= 0.3 is 0 Å². The van der Waals surface area contributed by atoms with Crippen LogP contribution in [0, 0.1) is 11.3 Å². The normalized spacial score (nSPS) is 14.3. The highest BCUT2D eigenvalue weighted by Gasteiger charge is 2.30. The summed E-state index contributed by atoms with van der Waals surface area (Å²) in [6, 6.07) is 6.51. The first-order valence-corrected chi connectivity index (χ1v) is 9.65. The summed E-state index contributed by atoms with van der Waals surface area (Å²) in [5.41, 5.74) is 2.18. The molecule has 1 atom stereocenters. The zero-order valence-corrected chi connectivity index (χ0v) is 18.1. The summed E-state index contributed by atoms with van der Waals surface area (Å²) < 4.78 is 22.0. The van der Waals surface area contributed by atoms with Gasteiger partial charge in [-0.05, 0) is 47.7 Å². The number of carbonyl (C=O) groups excluding carboxylic acids is 1. The van der Waals surface area contributed by atoms with E-state index in [1.54, 1.807) is 6.07 Å². The van der Waals surface area contributed by atoms with E-state index in [-0.39, 0.29) is 17.2 Å². The van der Waals surface area contributed by atoms with Crippen molar-refractivity contribution in [2.24, 2.45) is 0 Å². The maximum absolute atomic E-state index is 12.8. The van der Waals surface area contributed by atoms with Gasteiger partial charge in [0.05, 0.1) is 34.5 Å². The Morgan fingerprint density at radius 1 is 1.03 bits per heavy atom. The highest BCUT2D eigenvalue weighted by molar-refractivity contribution is 5.84. The molecule has 0 aliphatic heterocycles. The van der Waals surface area contributed by atoms with Gasteiger partial charge in [-0.15, -0.1) is 0 Å². The summed E-state index contributed by atoms with van der Waals surface area (Å²) in [4.78, 5) is 24.7. The van der Waals surface area contributed by atoms with Crippen LogP contribution in [-0.2, 0) is 11.2 Å². The number of amides is 1. The Morgan fingerprint density at radius 3 is 2.26 bits per heavy atom. The molecule has 0 aromatic heterocycles. The van der Waals surface area contributed by atoms with Crippen LogP contribution in [0.2, 0.25) is 0 Å². The lowest BCUT2D eigenvalue weighted by Crippen LogP contribution is -2.26. The van der Waals surface area contributed by atoms with Crippen molar-refractivity contribution in [2.45, 2.75) is 25.8 Å². The number of methoxy groups -OCH3 is 4. The molecule has 1 aliphatic carbocycles. The molecule has 0 saturated heterocycles. The van der Waals surface area contributed by atoms with Crippen molar-refractivity contribution in [3.05, 3.63) is 45.1 Å². The van der Waals surface area contributed by atoms with Gasteiger partial charge < -0.3 is 24.3 Å². The molecule has 3 rings (SSSR count). The van der Waals surface area contributed by atoms with E-state index in [1.165, 1.54) is 41.4 Å². The molecule has 8 heteroatoms. The van der Waals surface area contributed by atoms with Crippen LogP contribution in [0.5, 0.6) is 23.0 Å². The largest absolute Gasteiger partial charge is 0.493 e. The van der Waals surface area contributed by atoms with Crippen LogP contribution in [0.3, 0.4) is 0 Å². The van der Waals surface area contributed by atoms with Crippen LogP contribution < -0.4 is 29.7 Å². The third-order valence-electron chi connectivity index (χ3n) is 5.33. The van der Waals surface area contributed by atoms with Gasteiger partial charge in [0, 0.05) is 12.5 Å². The van der Waals surface area contributed by atoms with Gasteiger partial charge in [0.25, 0.3) is 0 Å². The van der Waals surface area contributed by atoms with Crippen molar-refractivity contribution in [3.63, 3.8) is 0 Å². The average Bonchev–Trinajstić information content (AvgIpc) is 2.99. The summed E-state index contributed by atoms with van der Waals surface area (Å²) in [5.74, 6) is 1.13. The van der Waals surface area contributed by atoms with E-state index in [0.29, 0.717) is 46.8 Å². The van der Waals surface area contributed by atoms with Gasteiger partial charge in [0.1, 0.15) is 11.6 Å². The molecular weight excluding hydrogens is 400 g/mol. The number of fused-ring (bicyclic) bond motifs is 3. The zero-order valence-electron chi connectivity index (χ0n) is 18.1. The van der Waals surface area contributed by atoms with Crippen LogP contribution in [0.4, 0.5) is 0 Å². The van der Waals surface area contributed by atoms with Crippen LogP contribution in [0.1, 0.15) is 36.1 Å². The number of rotatable bonds is 5. The Balaban J connectivity index is 2.52. The van der Waals surface area contributed by atoms with E-state index in [2.05, 4.69) is 5.32 Å². The average molecular weight is 424 g/mol. The molecule has 0 heterocycles. The predicted molar refractivity (Wildman–Crippen MR) is 114 cm³/mol. The number of benzene rings is 1. The molecule has 0 bridgehead atoms. The van der Waals surface area contributed by atoms with Gasteiger partial charge in [-0.3, -0.25) is 9.59 Å². The number of ether oxygens (including phenoxy) is 4. The third-order valence-corrected chi connectivity index (χ3v) is 5.33. The highest BCUT2D eigenvalue weighted by atomic mass is 16.5. The summed E-state index contributed by atoms with van der Waals surface area (Å²) in [6.07, 6.45) is 1.14. The molecule has 0 spiro atoms. The lowest BCUT2D eigenvalue weighted by molar-refractivity contribution is -0.119. The van der Waals surface area contributed by atoms with E-state index in [9.17, 15) is 14.9 Å². The molecule has 0 radical (unpaired) electrons. The van der Waals surface area contributed by atoms with Gasteiger partial charge in [0.15, 0.2) is 17.2 Å². The lowest BCUT2D eigenvalue weighted by Gasteiger charge is -2.20. The molecule has 31 heavy (non-hydrogen) atoms. The van der Waals surface area contributed by atoms with Crippen molar-refractivity contribution in [2.75, 3.05) is 28.4 Å². The molecule has 2 aromatic rings. The fraction of sp³-hybridized carbons (Fsp3) is 0.348. The molecule has 162 valence electrons. The number of carbonyl (C=O) groups is 1. The Labute approximate surface area is 180 Å². The Kier molecular flexibility index (Phi) is 6.35. The van der Waals surface area contributed by atoms with Gasteiger partial charge in [-0.1, -0.05) is 0 Å². The standard InChI is InChI=1S/C23H24N2O6/c1-12(26)25-17-7-6-13-9-19(29-3)22(30-4)23(31-5)20(13)16-8-14(11-24)21(27)18(28-2)10-15(16)17/h8-10,17H,6-7H2,1-5H3,(H,25,26). The van der Waals surface area contributed by atoms with E-state index in [0.717, 1.165) is 5.56 Å². The van der Waals surface area contributed by atoms with Gasteiger partial charge in [-0.2, -0.15) is 5.26 Å². The van der Waals surface area contributed by atoms with Crippen LogP contribution in [0.25, 0.3) is 11.1 Å². The lowest BCUT2D eigenvalue weighted by atomic mass is 9.95. The fourth-order valence-corrected chi connectivity index (χ4v) is 4.00. The third kappa shape index (κ3) is 3.87. The Hall–Kier alpha value is -3.73. The van der Waals surface area contributed by atoms with Crippen molar-refractivity contribution < 1.29 is 23.7 Å². The molecule has 1 unspecified atom stereocenters. The first-order chi connectivity index (χ1) is 14.9. The SMILES string of the molecule is COc1cc2c(c(OC)c1OC)-c1cc(C#N)c(=O)c(OC)cc1C(NC(C)=O)CC2. The van der Waals surface area contributed by atoms with Crippen molar-refractivity contribution in [1.82, 2.24) is 5.32 Å². The minimum absolute atomic E-state index is 0.0241. The van der Waals surface area contributed by atoms with Crippen molar-refractivity contribution >= 4 is 5.91 Å². The van der Waals surface area contributed by atoms with E-state index in [4.69, 9.17) is 18.9 Å². The molecule has 1 amide bonds. The van der Waals surface area contributed by atoms with Crippen molar-refractivity contribution in [1.29, 1.82) is 5.26 Å². The molecular formula is C23H24N2O6. The van der Waals surface area contributed by atoms with Crippen LogP contribution in [-0.4, -0.2) is 34.3 Å². The number of nitrogens with zero attached hydrogens (tertiary/aromatic N) is 1. The highest BCUT2D eigenvalue weighted by Crippen LogP contribution is 2.50. The van der Waals surface area contributed by atoms with E-state index in [1.807, 2.05) is 12.1 Å². The summed E-state index contributed by atoms with van der Waals surface area (Å²) in [6.45, 7) is 1.43. The molecule has 8 nitrogen and oxygen atoms in total. The fourth-order valence-electron chi connectivity index (χ4n) is 4.00. The maximum Gasteiger partial charge on any atom is 0.238 e. The smallest absolute Gasteiger partial charge is 0.238 e. The predicted octanol–water partition coefficient (Wildman–Crippen LogP) is 2.74. The second kappa shape index (κ2) is 8.96. The maximum atomic E-state index is 12.8. The molecule has 2 aromatic carbocycles. The molecule has 1 N–H and O–H groups in total. The molecule has 0 saturated carbocycles. The van der Waals surface area contributed by atoms with Gasteiger partial charge in [0.2, 0.25) is 17.1 Å². The monoisotopic (exact) mass is 424 g/mol. The van der Waals surface area contributed by atoms with Crippen molar-refractivity contribution in [3.8, 4) is 40.2 Å². The number of nitriles is 1. The number of aryl methyl sites for hydroxylation is 1. The second-order valence-electron chi connectivity index (χ2n) is 7.05. The first-order valence-electron chi connectivity index (χ1n) is 9.65. The Morgan fingerprint density at radius 2 is 1.71 bits per heavy atom. The van der Waals surface area contributed by atoms with E-state index >= 15 is 0 Å². The summed E-state index contributed by atoms with van der Waals surface area (Å²) in [5, 5.41) is 12.6. The van der Waals surface area contributed by atoms with Crippen LogP contribution >= 0.6 is 0 Å². The summed E-state index contributed by atoms with van der Waals surface area (Å²) >= 11 is 0. The quantitative estimate of drug-likeness (QED) is 0.786. The zero-order chi connectivity index (χ0) is 22.7.